The Bertz CT molecular complexity index is 607. The number of ether oxygens (including phenoxy) is 2. The van der Waals surface area contributed by atoms with Crippen LogP contribution in [0.3, 0.4) is 0 Å². The standard InChI is InChI=1S/C17H24N2O5/c1-11(20)12-7-6-8-13(9-12)19-14(15(21)23-5)10-18-16(22)24-17(2,3)4/h6-9,14,19H,10H2,1-5H3,(H,18,22). The molecule has 0 heterocycles. The molecule has 0 saturated heterocycles. The Balaban J connectivity index is 2.76. The number of alkyl carbamates (subject to hydrolysis) is 1. The highest BCUT2D eigenvalue weighted by Crippen LogP contribution is 2.13. The molecule has 7 nitrogen and oxygen atoms in total. The quantitative estimate of drug-likeness (QED) is 0.612. The van der Waals surface area contributed by atoms with Crippen LogP contribution < -0.4 is 10.6 Å². The molecule has 7 heteroatoms. The van der Waals surface area contributed by atoms with E-state index in [4.69, 9.17) is 9.47 Å². The Morgan fingerprint density at radius 2 is 1.88 bits per heavy atom. The molecule has 0 saturated carbocycles. The number of carbonyl (C=O) groups is 3. The predicted molar refractivity (Wildman–Crippen MR) is 90.1 cm³/mol. The summed E-state index contributed by atoms with van der Waals surface area (Å²) < 4.78 is 9.86. The number of amides is 1. The Kier molecular flexibility index (Phi) is 6.76. The molecule has 0 aliphatic carbocycles. The number of esters is 1. The molecular formula is C17H24N2O5. The first-order valence-corrected chi connectivity index (χ1v) is 7.54. The maximum Gasteiger partial charge on any atom is 0.407 e. The van der Waals surface area contributed by atoms with Crippen molar-refractivity contribution in [1.82, 2.24) is 5.32 Å². The van der Waals surface area contributed by atoms with E-state index < -0.39 is 23.7 Å². The Morgan fingerprint density at radius 1 is 1.21 bits per heavy atom. The molecule has 1 amide bonds. The Hall–Kier alpha value is -2.57. The summed E-state index contributed by atoms with van der Waals surface area (Å²) in [6.07, 6.45) is -0.629. The normalized spacial score (nSPS) is 12.0. The second-order valence-electron chi connectivity index (χ2n) is 6.24. The Morgan fingerprint density at radius 3 is 2.42 bits per heavy atom. The monoisotopic (exact) mass is 336 g/mol. The van der Waals surface area contributed by atoms with Crippen molar-refractivity contribution in [3.8, 4) is 0 Å². The maximum absolute atomic E-state index is 11.9. The van der Waals surface area contributed by atoms with Gasteiger partial charge in [0.15, 0.2) is 5.78 Å². The summed E-state index contributed by atoms with van der Waals surface area (Å²) >= 11 is 0. The Labute approximate surface area is 141 Å². The number of Topliss-reactive ketones (excluding diaryl/α,β-unsaturated/α-hetero) is 1. The predicted octanol–water partition coefficient (Wildman–Crippen LogP) is 2.37. The van der Waals surface area contributed by atoms with E-state index in [1.807, 2.05) is 0 Å². The van der Waals surface area contributed by atoms with Crippen molar-refractivity contribution in [3.05, 3.63) is 29.8 Å². The molecule has 0 aliphatic rings. The lowest BCUT2D eigenvalue weighted by Gasteiger charge is -2.22. The molecule has 0 aliphatic heterocycles. The van der Waals surface area contributed by atoms with Crippen LogP contribution in [0.2, 0.25) is 0 Å². The van der Waals surface area contributed by atoms with Gasteiger partial charge in [-0.15, -0.1) is 0 Å². The highest BCUT2D eigenvalue weighted by atomic mass is 16.6. The first-order chi connectivity index (χ1) is 11.1. The number of anilines is 1. The second-order valence-corrected chi connectivity index (χ2v) is 6.24. The molecule has 0 aromatic heterocycles. The van der Waals surface area contributed by atoms with Crippen LogP contribution in [0.25, 0.3) is 0 Å². The van der Waals surface area contributed by atoms with Crippen molar-refractivity contribution in [2.24, 2.45) is 0 Å². The zero-order valence-corrected chi connectivity index (χ0v) is 14.6. The summed E-state index contributed by atoms with van der Waals surface area (Å²) in [6.45, 7) is 6.68. The minimum Gasteiger partial charge on any atom is -0.467 e. The molecule has 1 aromatic carbocycles. The van der Waals surface area contributed by atoms with Gasteiger partial charge >= 0.3 is 12.1 Å². The SMILES string of the molecule is COC(=O)C(CNC(=O)OC(C)(C)C)Nc1cccc(C(C)=O)c1. The fraction of sp³-hybridized carbons (Fsp3) is 0.471. The van der Waals surface area contributed by atoms with E-state index in [-0.39, 0.29) is 12.3 Å². The van der Waals surface area contributed by atoms with Crippen LogP contribution in [-0.2, 0) is 14.3 Å². The van der Waals surface area contributed by atoms with Gasteiger partial charge in [-0.05, 0) is 39.8 Å². The molecular weight excluding hydrogens is 312 g/mol. The molecule has 0 fully saturated rings. The lowest BCUT2D eigenvalue weighted by atomic mass is 10.1. The van der Waals surface area contributed by atoms with Crippen LogP contribution in [0.15, 0.2) is 24.3 Å². The summed E-state index contributed by atoms with van der Waals surface area (Å²) in [4.78, 5) is 35.0. The van der Waals surface area contributed by atoms with Crippen LogP contribution in [0, 0.1) is 0 Å². The van der Waals surface area contributed by atoms with Gasteiger partial charge in [0.05, 0.1) is 13.7 Å². The number of benzene rings is 1. The van der Waals surface area contributed by atoms with Crippen LogP contribution in [0.4, 0.5) is 10.5 Å². The molecule has 1 unspecified atom stereocenters. The highest BCUT2D eigenvalue weighted by molar-refractivity contribution is 5.95. The van der Waals surface area contributed by atoms with Gasteiger partial charge in [0.25, 0.3) is 0 Å². The van der Waals surface area contributed by atoms with Crippen LogP contribution in [-0.4, -0.2) is 43.1 Å². The smallest absolute Gasteiger partial charge is 0.407 e. The molecule has 0 spiro atoms. The zero-order chi connectivity index (χ0) is 18.3. The largest absolute Gasteiger partial charge is 0.467 e. The number of nitrogens with one attached hydrogen (secondary N) is 2. The van der Waals surface area contributed by atoms with E-state index in [1.165, 1.54) is 14.0 Å². The van der Waals surface area contributed by atoms with Gasteiger partial charge in [-0.25, -0.2) is 9.59 Å². The number of hydrogen-bond acceptors (Lipinski definition) is 6. The van der Waals surface area contributed by atoms with Crippen LogP contribution in [0.5, 0.6) is 0 Å². The van der Waals surface area contributed by atoms with Crippen molar-refractivity contribution >= 4 is 23.5 Å². The summed E-state index contributed by atoms with van der Waals surface area (Å²) in [5.74, 6) is -0.626. The number of hydrogen-bond donors (Lipinski definition) is 2. The lowest BCUT2D eigenvalue weighted by Crippen LogP contribution is -2.43. The van der Waals surface area contributed by atoms with Gasteiger partial charge in [-0.1, -0.05) is 12.1 Å². The summed E-state index contributed by atoms with van der Waals surface area (Å²) in [7, 11) is 1.26. The molecule has 0 radical (unpaired) electrons. The zero-order valence-electron chi connectivity index (χ0n) is 14.6. The topological polar surface area (TPSA) is 93.7 Å². The van der Waals surface area contributed by atoms with Crippen LogP contribution in [0.1, 0.15) is 38.1 Å². The van der Waals surface area contributed by atoms with Gasteiger partial charge in [0, 0.05) is 11.3 Å². The van der Waals surface area contributed by atoms with Crippen LogP contribution >= 0.6 is 0 Å². The van der Waals surface area contributed by atoms with Crippen molar-refractivity contribution in [3.63, 3.8) is 0 Å². The number of rotatable bonds is 6. The first-order valence-electron chi connectivity index (χ1n) is 7.54. The van der Waals surface area contributed by atoms with E-state index >= 15 is 0 Å². The fourth-order valence-electron chi connectivity index (χ4n) is 1.86. The minimum absolute atomic E-state index is 0.0219. The summed E-state index contributed by atoms with van der Waals surface area (Å²) in [6, 6.07) is 5.92. The molecule has 2 N–H and O–H groups in total. The number of ketones is 1. The molecule has 24 heavy (non-hydrogen) atoms. The van der Waals surface area contributed by atoms with E-state index in [1.54, 1.807) is 45.0 Å². The van der Waals surface area contributed by atoms with Gasteiger partial charge in [0.2, 0.25) is 0 Å². The van der Waals surface area contributed by atoms with E-state index in [0.717, 1.165) is 0 Å². The number of carbonyl (C=O) groups excluding carboxylic acids is 3. The van der Waals surface area contributed by atoms with Crippen molar-refractivity contribution in [2.45, 2.75) is 39.3 Å². The second kappa shape index (κ2) is 8.33. The average Bonchev–Trinajstić information content (AvgIpc) is 2.49. The lowest BCUT2D eigenvalue weighted by molar-refractivity contribution is -0.141. The van der Waals surface area contributed by atoms with E-state index in [0.29, 0.717) is 11.3 Å². The average molecular weight is 336 g/mol. The molecule has 1 atom stereocenters. The third-order valence-electron chi connectivity index (χ3n) is 2.95. The van der Waals surface area contributed by atoms with Gasteiger partial charge in [0.1, 0.15) is 11.6 Å². The van der Waals surface area contributed by atoms with E-state index in [9.17, 15) is 14.4 Å². The molecule has 1 aromatic rings. The van der Waals surface area contributed by atoms with Gasteiger partial charge < -0.3 is 20.1 Å². The third kappa shape index (κ3) is 6.68. The fourth-order valence-corrected chi connectivity index (χ4v) is 1.86. The molecule has 0 bridgehead atoms. The maximum atomic E-state index is 11.9. The number of methoxy groups -OCH3 is 1. The summed E-state index contributed by atoms with van der Waals surface area (Å²) in [5, 5.41) is 5.47. The van der Waals surface area contributed by atoms with Crippen molar-refractivity contribution in [1.29, 1.82) is 0 Å². The van der Waals surface area contributed by atoms with Crippen molar-refractivity contribution < 1.29 is 23.9 Å². The summed E-state index contributed by atoms with van der Waals surface area (Å²) in [5.41, 5.74) is 0.460. The third-order valence-corrected chi connectivity index (χ3v) is 2.95. The minimum atomic E-state index is -0.815. The molecule has 132 valence electrons. The van der Waals surface area contributed by atoms with E-state index in [2.05, 4.69) is 10.6 Å². The highest BCUT2D eigenvalue weighted by Gasteiger charge is 2.22. The van der Waals surface area contributed by atoms with Gasteiger partial charge in [-0.3, -0.25) is 4.79 Å². The van der Waals surface area contributed by atoms with Gasteiger partial charge in [-0.2, -0.15) is 0 Å². The first kappa shape index (κ1) is 19.5. The molecule has 1 rings (SSSR count). The van der Waals surface area contributed by atoms with Crippen molar-refractivity contribution in [2.75, 3.05) is 19.0 Å².